The Balaban J connectivity index is 2.09. The second-order valence-corrected chi connectivity index (χ2v) is 5.24. The number of rotatable bonds is 5. The average molecular weight is 267 g/mol. The summed E-state index contributed by atoms with van der Waals surface area (Å²) in [6.45, 7) is 5.78. The maximum absolute atomic E-state index is 9.66. The lowest BCUT2D eigenvalue weighted by molar-refractivity contribution is 0.0795. The summed E-state index contributed by atoms with van der Waals surface area (Å²) < 4.78 is 16.4. The van der Waals surface area contributed by atoms with Gasteiger partial charge in [-0.25, -0.2) is 0 Å². The number of hydrogen-bond donors (Lipinski definition) is 2. The van der Waals surface area contributed by atoms with E-state index in [1.807, 2.05) is 12.1 Å². The number of ether oxygens (including phenoxy) is 3. The topological polar surface area (TPSA) is 60.0 Å². The second-order valence-electron chi connectivity index (χ2n) is 5.24. The molecule has 0 radical (unpaired) electrons. The average Bonchev–Trinajstić information content (AvgIpc) is 2.36. The van der Waals surface area contributed by atoms with Crippen molar-refractivity contribution in [3.05, 3.63) is 17.7 Å². The number of fused-ring (bicyclic) bond motifs is 1. The van der Waals surface area contributed by atoms with Crippen LogP contribution in [0.15, 0.2) is 12.1 Å². The maximum Gasteiger partial charge on any atom is 0.203 e. The molecule has 0 atom stereocenters. The van der Waals surface area contributed by atoms with Gasteiger partial charge in [0.2, 0.25) is 5.75 Å². The standard InChI is InChI=1S/C14H21NO4/c1-14(2,16)9-15-8-10-6-11(17-3)13-12(7-10)18-4-5-19-13/h6-7,15-16H,4-5,8-9H2,1-3H3. The maximum atomic E-state index is 9.66. The monoisotopic (exact) mass is 267 g/mol. The molecular weight excluding hydrogens is 246 g/mol. The smallest absolute Gasteiger partial charge is 0.203 e. The van der Waals surface area contributed by atoms with Gasteiger partial charge >= 0.3 is 0 Å². The van der Waals surface area contributed by atoms with Gasteiger partial charge in [0.25, 0.3) is 0 Å². The van der Waals surface area contributed by atoms with E-state index in [0.717, 1.165) is 5.56 Å². The summed E-state index contributed by atoms with van der Waals surface area (Å²) in [5, 5.41) is 12.9. The summed E-state index contributed by atoms with van der Waals surface area (Å²) >= 11 is 0. The van der Waals surface area contributed by atoms with Crippen molar-refractivity contribution in [2.75, 3.05) is 26.9 Å². The molecule has 1 heterocycles. The Morgan fingerprint density at radius 1 is 1.32 bits per heavy atom. The van der Waals surface area contributed by atoms with Crippen molar-refractivity contribution in [2.24, 2.45) is 0 Å². The van der Waals surface area contributed by atoms with Gasteiger partial charge in [0.1, 0.15) is 13.2 Å². The Kier molecular flexibility index (Phi) is 4.17. The van der Waals surface area contributed by atoms with Crippen molar-refractivity contribution in [3.8, 4) is 17.2 Å². The molecule has 0 saturated carbocycles. The van der Waals surface area contributed by atoms with E-state index in [9.17, 15) is 5.11 Å². The van der Waals surface area contributed by atoms with E-state index in [2.05, 4.69) is 5.32 Å². The number of benzene rings is 1. The van der Waals surface area contributed by atoms with Crippen LogP contribution in [0.2, 0.25) is 0 Å². The quantitative estimate of drug-likeness (QED) is 0.842. The van der Waals surface area contributed by atoms with E-state index in [1.54, 1.807) is 21.0 Å². The summed E-state index contributed by atoms with van der Waals surface area (Å²) in [6, 6.07) is 3.86. The number of aliphatic hydroxyl groups is 1. The molecule has 1 aliphatic heterocycles. The summed E-state index contributed by atoms with van der Waals surface area (Å²) in [7, 11) is 1.61. The zero-order valence-corrected chi connectivity index (χ0v) is 11.7. The molecule has 2 N–H and O–H groups in total. The molecule has 19 heavy (non-hydrogen) atoms. The third-order valence-electron chi connectivity index (χ3n) is 2.77. The minimum atomic E-state index is -0.724. The highest BCUT2D eigenvalue weighted by Gasteiger charge is 2.18. The van der Waals surface area contributed by atoms with Crippen LogP contribution >= 0.6 is 0 Å². The molecule has 5 nitrogen and oxygen atoms in total. The normalized spacial score (nSPS) is 14.3. The highest BCUT2D eigenvalue weighted by atomic mass is 16.6. The summed E-state index contributed by atoms with van der Waals surface area (Å²) in [5.74, 6) is 2.06. The van der Waals surface area contributed by atoms with Gasteiger partial charge in [0.15, 0.2) is 11.5 Å². The van der Waals surface area contributed by atoms with Gasteiger partial charge in [-0.3, -0.25) is 0 Å². The molecule has 0 spiro atoms. The van der Waals surface area contributed by atoms with Crippen LogP contribution in [0.5, 0.6) is 17.2 Å². The SMILES string of the molecule is COc1cc(CNCC(C)(C)O)cc2c1OCCO2. The van der Waals surface area contributed by atoms with E-state index < -0.39 is 5.60 Å². The number of hydrogen-bond acceptors (Lipinski definition) is 5. The van der Waals surface area contributed by atoms with Crippen LogP contribution in [0.3, 0.4) is 0 Å². The molecule has 1 aromatic rings. The first-order valence-corrected chi connectivity index (χ1v) is 6.39. The summed E-state index contributed by atoms with van der Waals surface area (Å²) in [4.78, 5) is 0. The van der Waals surface area contributed by atoms with Crippen molar-refractivity contribution >= 4 is 0 Å². The molecule has 0 aromatic heterocycles. The van der Waals surface area contributed by atoms with Gasteiger partial charge < -0.3 is 24.6 Å². The van der Waals surface area contributed by atoms with Crippen LogP contribution in [-0.4, -0.2) is 37.6 Å². The Labute approximate surface area is 113 Å². The first kappa shape index (κ1) is 14.0. The van der Waals surface area contributed by atoms with Crippen molar-refractivity contribution in [2.45, 2.75) is 26.0 Å². The van der Waals surface area contributed by atoms with Gasteiger partial charge in [-0.1, -0.05) is 0 Å². The Bertz CT molecular complexity index is 423. The fourth-order valence-electron chi connectivity index (χ4n) is 1.94. The summed E-state index contributed by atoms with van der Waals surface area (Å²) in [5.41, 5.74) is 0.308. The minimum absolute atomic E-state index is 0.518. The molecule has 0 fully saturated rings. The third-order valence-corrected chi connectivity index (χ3v) is 2.77. The molecular formula is C14H21NO4. The van der Waals surface area contributed by atoms with E-state index in [-0.39, 0.29) is 0 Å². The Morgan fingerprint density at radius 2 is 2.05 bits per heavy atom. The molecule has 1 aromatic carbocycles. The summed E-state index contributed by atoms with van der Waals surface area (Å²) in [6.07, 6.45) is 0. The Hall–Kier alpha value is -1.46. The van der Waals surface area contributed by atoms with E-state index in [4.69, 9.17) is 14.2 Å². The van der Waals surface area contributed by atoms with Crippen LogP contribution in [0.25, 0.3) is 0 Å². The minimum Gasteiger partial charge on any atom is -0.493 e. The van der Waals surface area contributed by atoms with Crippen LogP contribution in [-0.2, 0) is 6.54 Å². The van der Waals surface area contributed by atoms with Gasteiger partial charge in [-0.15, -0.1) is 0 Å². The molecule has 1 aliphatic rings. The fourth-order valence-corrected chi connectivity index (χ4v) is 1.94. The molecule has 2 rings (SSSR count). The Morgan fingerprint density at radius 3 is 2.74 bits per heavy atom. The van der Waals surface area contributed by atoms with Crippen LogP contribution in [0, 0.1) is 0 Å². The van der Waals surface area contributed by atoms with Crippen molar-refractivity contribution < 1.29 is 19.3 Å². The molecule has 0 saturated heterocycles. The largest absolute Gasteiger partial charge is 0.493 e. The van der Waals surface area contributed by atoms with Gasteiger partial charge in [-0.2, -0.15) is 0 Å². The lowest BCUT2D eigenvalue weighted by Crippen LogP contribution is -2.34. The predicted octanol–water partition coefficient (Wildman–Crippen LogP) is 1.33. The van der Waals surface area contributed by atoms with Crippen LogP contribution in [0.4, 0.5) is 0 Å². The lowest BCUT2D eigenvalue weighted by Gasteiger charge is -2.22. The fraction of sp³-hybridized carbons (Fsp3) is 0.571. The molecule has 106 valence electrons. The third kappa shape index (κ3) is 3.75. The molecule has 0 bridgehead atoms. The molecule has 0 amide bonds. The zero-order valence-electron chi connectivity index (χ0n) is 11.7. The highest BCUT2D eigenvalue weighted by Crippen LogP contribution is 2.40. The van der Waals surface area contributed by atoms with Crippen LogP contribution < -0.4 is 19.5 Å². The van der Waals surface area contributed by atoms with E-state index in [0.29, 0.717) is 43.6 Å². The van der Waals surface area contributed by atoms with Gasteiger partial charge in [0.05, 0.1) is 12.7 Å². The first-order chi connectivity index (χ1) is 8.99. The van der Waals surface area contributed by atoms with Crippen LogP contribution in [0.1, 0.15) is 19.4 Å². The highest BCUT2D eigenvalue weighted by molar-refractivity contribution is 5.54. The van der Waals surface area contributed by atoms with E-state index >= 15 is 0 Å². The molecule has 5 heteroatoms. The van der Waals surface area contributed by atoms with Crippen molar-refractivity contribution in [1.29, 1.82) is 0 Å². The molecule has 0 unspecified atom stereocenters. The zero-order chi connectivity index (χ0) is 13.9. The number of methoxy groups -OCH3 is 1. The van der Waals surface area contributed by atoms with Crippen molar-refractivity contribution in [3.63, 3.8) is 0 Å². The first-order valence-electron chi connectivity index (χ1n) is 6.39. The second kappa shape index (κ2) is 5.67. The van der Waals surface area contributed by atoms with Gasteiger partial charge in [-0.05, 0) is 31.5 Å². The van der Waals surface area contributed by atoms with E-state index in [1.165, 1.54) is 0 Å². The van der Waals surface area contributed by atoms with Gasteiger partial charge in [0, 0.05) is 13.1 Å². The number of nitrogens with one attached hydrogen (secondary N) is 1. The van der Waals surface area contributed by atoms with Crippen molar-refractivity contribution in [1.82, 2.24) is 5.32 Å². The predicted molar refractivity (Wildman–Crippen MR) is 72.0 cm³/mol. The molecule has 0 aliphatic carbocycles. The lowest BCUT2D eigenvalue weighted by atomic mass is 10.1.